The lowest BCUT2D eigenvalue weighted by atomic mass is 9.66. The van der Waals surface area contributed by atoms with E-state index in [0.29, 0.717) is 0 Å². The molecule has 2 aliphatic carbocycles. The largest absolute Gasteiger partial charge is 0.319 e. The lowest BCUT2D eigenvalue weighted by Crippen LogP contribution is -2.36. The Morgan fingerprint density at radius 3 is 2.32 bits per heavy atom. The van der Waals surface area contributed by atoms with Crippen molar-refractivity contribution in [3.63, 3.8) is 0 Å². The van der Waals surface area contributed by atoms with E-state index in [4.69, 9.17) is 0 Å². The summed E-state index contributed by atoms with van der Waals surface area (Å²) in [5, 5.41) is 3.47. The molecular weight excluding hydrogens is 230 g/mol. The topological polar surface area (TPSA) is 12.0 Å². The molecular formula is C18H35N. The normalized spacial score (nSPS) is 34.1. The van der Waals surface area contributed by atoms with Gasteiger partial charge in [0.15, 0.2) is 0 Å². The van der Waals surface area contributed by atoms with Crippen molar-refractivity contribution in [3.8, 4) is 0 Å². The molecule has 2 rings (SSSR count). The highest BCUT2D eigenvalue weighted by molar-refractivity contribution is 4.86. The summed E-state index contributed by atoms with van der Waals surface area (Å²) in [5.74, 6) is 4.11. The third kappa shape index (κ3) is 4.48. The van der Waals surface area contributed by atoms with Gasteiger partial charge < -0.3 is 5.32 Å². The average molecular weight is 265 g/mol. The standard InChI is InChI=1S/C18H35N/c1-3-8-15-11-12-17(14-19-2)18(13-15)16-9-6-4-5-7-10-16/h15-19H,3-14H2,1-2H3. The molecule has 1 N–H and O–H groups in total. The first-order chi connectivity index (χ1) is 9.35. The third-order valence-electron chi connectivity index (χ3n) is 5.83. The van der Waals surface area contributed by atoms with Gasteiger partial charge in [-0.1, -0.05) is 64.7 Å². The van der Waals surface area contributed by atoms with E-state index in [1.54, 1.807) is 6.42 Å². The number of rotatable bonds is 5. The first-order valence-corrected chi connectivity index (χ1v) is 8.99. The molecule has 2 fully saturated rings. The van der Waals surface area contributed by atoms with Crippen LogP contribution in [0.3, 0.4) is 0 Å². The second-order valence-electron chi connectivity index (χ2n) is 7.20. The molecule has 19 heavy (non-hydrogen) atoms. The SMILES string of the molecule is CCCC1CCC(CNC)C(C2CCCCCC2)C1. The second-order valence-corrected chi connectivity index (χ2v) is 7.20. The Bertz CT molecular complexity index is 230. The molecule has 0 saturated heterocycles. The summed E-state index contributed by atoms with van der Waals surface area (Å²) < 4.78 is 0. The van der Waals surface area contributed by atoms with Crippen LogP contribution in [0.2, 0.25) is 0 Å². The smallest absolute Gasteiger partial charge is 0.00208 e. The van der Waals surface area contributed by atoms with E-state index < -0.39 is 0 Å². The molecule has 0 aromatic heterocycles. The summed E-state index contributed by atoms with van der Waals surface area (Å²) in [4.78, 5) is 0. The Kier molecular flexibility index (Phi) is 6.70. The Labute approximate surface area is 120 Å². The van der Waals surface area contributed by atoms with Gasteiger partial charge in [-0.25, -0.2) is 0 Å². The van der Waals surface area contributed by atoms with Crippen LogP contribution in [0.1, 0.15) is 77.6 Å². The minimum Gasteiger partial charge on any atom is -0.319 e. The summed E-state index contributed by atoms with van der Waals surface area (Å²) in [6, 6.07) is 0. The molecule has 2 aliphatic rings. The van der Waals surface area contributed by atoms with Crippen molar-refractivity contribution < 1.29 is 0 Å². The molecule has 0 heterocycles. The van der Waals surface area contributed by atoms with Crippen LogP contribution in [0.5, 0.6) is 0 Å². The zero-order chi connectivity index (χ0) is 13.5. The monoisotopic (exact) mass is 265 g/mol. The minimum atomic E-state index is 0.973. The van der Waals surface area contributed by atoms with Gasteiger partial charge in [0, 0.05) is 0 Å². The van der Waals surface area contributed by atoms with E-state index in [9.17, 15) is 0 Å². The molecule has 0 aromatic rings. The van der Waals surface area contributed by atoms with Gasteiger partial charge in [-0.15, -0.1) is 0 Å². The Morgan fingerprint density at radius 2 is 1.68 bits per heavy atom. The Hall–Kier alpha value is -0.0400. The zero-order valence-electron chi connectivity index (χ0n) is 13.3. The highest BCUT2D eigenvalue weighted by atomic mass is 14.8. The van der Waals surface area contributed by atoms with Gasteiger partial charge in [0.1, 0.15) is 0 Å². The van der Waals surface area contributed by atoms with Crippen molar-refractivity contribution in [3.05, 3.63) is 0 Å². The first-order valence-electron chi connectivity index (χ1n) is 8.99. The van der Waals surface area contributed by atoms with E-state index in [1.807, 2.05) is 0 Å². The van der Waals surface area contributed by atoms with E-state index in [0.717, 1.165) is 23.7 Å². The first kappa shape index (κ1) is 15.4. The predicted molar refractivity (Wildman–Crippen MR) is 84.3 cm³/mol. The summed E-state index contributed by atoms with van der Waals surface area (Å²) in [6.45, 7) is 3.63. The average Bonchev–Trinajstić information content (AvgIpc) is 2.70. The third-order valence-corrected chi connectivity index (χ3v) is 5.83. The fourth-order valence-electron chi connectivity index (χ4n) is 4.86. The van der Waals surface area contributed by atoms with Crippen molar-refractivity contribution in [2.45, 2.75) is 77.6 Å². The highest BCUT2D eigenvalue weighted by Gasteiger charge is 2.34. The molecule has 0 aliphatic heterocycles. The predicted octanol–water partition coefficient (Wildman–Crippen LogP) is 5.01. The molecule has 3 atom stereocenters. The van der Waals surface area contributed by atoms with Crippen LogP contribution in [0, 0.1) is 23.7 Å². The van der Waals surface area contributed by atoms with E-state index in [2.05, 4.69) is 19.3 Å². The van der Waals surface area contributed by atoms with Gasteiger partial charge >= 0.3 is 0 Å². The van der Waals surface area contributed by atoms with E-state index in [1.165, 1.54) is 70.8 Å². The molecule has 112 valence electrons. The molecule has 1 nitrogen and oxygen atoms in total. The Morgan fingerprint density at radius 1 is 0.947 bits per heavy atom. The summed E-state index contributed by atoms with van der Waals surface area (Å²) in [7, 11) is 2.14. The van der Waals surface area contributed by atoms with Gasteiger partial charge in [0.2, 0.25) is 0 Å². The summed E-state index contributed by atoms with van der Waals surface area (Å²) in [6.07, 6.45) is 16.5. The fraction of sp³-hybridized carbons (Fsp3) is 1.00. The van der Waals surface area contributed by atoms with Gasteiger partial charge in [-0.3, -0.25) is 0 Å². The van der Waals surface area contributed by atoms with Gasteiger partial charge in [-0.2, -0.15) is 0 Å². The van der Waals surface area contributed by atoms with Crippen molar-refractivity contribution in [1.82, 2.24) is 5.32 Å². The van der Waals surface area contributed by atoms with Crippen LogP contribution < -0.4 is 5.32 Å². The number of hydrogen-bond donors (Lipinski definition) is 1. The fourth-order valence-corrected chi connectivity index (χ4v) is 4.86. The molecule has 1 heteroatoms. The van der Waals surface area contributed by atoms with Crippen LogP contribution in [-0.4, -0.2) is 13.6 Å². The molecule has 0 bridgehead atoms. The van der Waals surface area contributed by atoms with Crippen LogP contribution in [-0.2, 0) is 0 Å². The second kappa shape index (κ2) is 8.29. The van der Waals surface area contributed by atoms with E-state index in [-0.39, 0.29) is 0 Å². The minimum absolute atomic E-state index is 0.973. The Balaban J connectivity index is 1.96. The highest BCUT2D eigenvalue weighted by Crippen LogP contribution is 2.43. The zero-order valence-corrected chi connectivity index (χ0v) is 13.3. The van der Waals surface area contributed by atoms with Gasteiger partial charge in [0.25, 0.3) is 0 Å². The lowest BCUT2D eigenvalue weighted by Gasteiger charge is -2.41. The number of nitrogens with one attached hydrogen (secondary N) is 1. The number of hydrogen-bond acceptors (Lipinski definition) is 1. The van der Waals surface area contributed by atoms with Gasteiger partial charge in [0.05, 0.1) is 0 Å². The summed E-state index contributed by atoms with van der Waals surface area (Å²) in [5.41, 5.74) is 0. The maximum absolute atomic E-state index is 3.47. The lowest BCUT2D eigenvalue weighted by molar-refractivity contribution is 0.105. The molecule has 2 saturated carbocycles. The molecule has 0 amide bonds. The van der Waals surface area contributed by atoms with Crippen molar-refractivity contribution in [1.29, 1.82) is 0 Å². The molecule has 3 unspecified atom stereocenters. The van der Waals surface area contributed by atoms with Crippen molar-refractivity contribution in [2.75, 3.05) is 13.6 Å². The maximum atomic E-state index is 3.47. The summed E-state index contributed by atoms with van der Waals surface area (Å²) >= 11 is 0. The van der Waals surface area contributed by atoms with Crippen molar-refractivity contribution in [2.24, 2.45) is 23.7 Å². The quantitative estimate of drug-likeness (QED) is 0.689. The van der Waals surface area contributed by atoms with Crippen molar-refractivity contribution >= 4 is 0 Å². The van der Waals surface area contributed by atoms with Crippen LogP contribution in [0.25, 0.3) is 0 Å². The van der Waals surface area contributed by atoms with Crippen LogP contribution in [0.4, 0.5) is 0 Å². The van der Waals surface area contributed by atoms with Crippen LogP contribution in [0.15, 0.2) is 0 Å². The molecule has 0 spiro atoms. The maximum Gasteiger partial charge on any atom is -0.00208 e. The molecule has 0 radical (unpaired) electrons. The molecule has 0 aromatic carbocycles. The van der Waals surface area contributed by atoms with E-state index >= 15 is 0 Å². The van der Waals surface area contributed by atoms with Gasteiger partial charge in [-0.05, 0) is 50.1 Å². The van der Waals surface area contributed by atoms with Crippen LogP contribution >= 0.6 is 0 Å².